The first-order chi connectivity index (χ1) is 21.0. The summed E-state index contributed by atoms with van der Waals surface area (Å²) < 4.78 is 28.8. The van der Waals surface area contributed by atoms with E-state index in [1.54, 1.807) is 30.6 Å². The molecule has 250 valence electrons. The molecule has 0 aliphatic rings. The SMILES string of the molecule is CC(C)OB(OC(C)C)OC(C)C.CC(C)Oc1ccc(B(O)O)cn1.CC(C)Oc1ccc(Br)cn1.Clc1ccc(Br)cn1. The van der Waals surface area contributed by atoms with Crippen molar-refractivity contribution in [2.45, 2.75) is 99.8 Å². The maximum absolute atomic E-state index is 8.77. The van der Waals surface area contributed by atoms with Gasteiger partial charge < -0.3 is 33.5 Å². The molecule has 15 heteroatoms. The lowest BCUT2D eigenvalue weighted by molar-refractivity contribution is 0.0335. The largest absolute Gasteiger partial charge is 0.639 e. The van der Waals surface area contributed by atoms with Crippen LogP contribution < -0.4 is 14.9 Å². The summed E-state index contributed by atoms with van der Waals surface area (Å²) in [6.45, 7) is 19.5. The van der Waals surface area contributed by atoms with Crippen molar-refractivity contribution in [1.29, 1.82) is 0 Å². The maximum Gasteiger partial charge on any atom is 0.639 e. The molecule has 3 aromatic heterocycles. The van der Waals surface area contributed by atoms with E-state index in [0.29, 0.717) is 22.4 Å². The number of hydrogen-bond acceptors (Lipinski definition) is 10. The fourth-order valence-corrected chi connectivity index (χ4v) is 3.23. The molecule has 0 fully saturated rings. The zero-order valence-corrected chi connectivity index (χ0v) is 31.6. The molecule has 0 aromatic carbocycles. The minimum absolute atomic E-state index is 0.0670. The molecule has 0 aliphatic heterocycles. The van der Waals surface area contributed by atoms with E-state index in [1.165, 1.54) is 6.20 Å². The predicted molar refractivity (Wildman–Crippen MR) is 189 cm³/mol. The Bertz CT molecular complexity index is 1100. The van der Waals surface area contributed by atoms with E-state index >= 15 is 0 Å². The van der Waals surface area contributed by atoms with E-state index in [0.717, 1.165) is 8.95 Å². The van der Waals surface area contributed by atoms with Crippen molar-refractivity contribution in [3.63, 3.8) is 0 Å². The Morgan fingerprint density at radius 2 is 0.978 bits per heavy atom. The lowest BCUT2D eigenvalue weighted by Gasteiger charge is -2.20. The van der Waals surface area contributed by atoms with Gasteiger partial charge in [0.15, 0.2) is 0 Å². The first kappa shape index (κ1) is 43.2. The zero-order valence-electron chi connectivity index (χ0n) is 27.6. The highest BCUT2D eigenvalue weighted by molar-refractivity contribution is 9.10. The minimum atomic E-state index is -1.47. The highest BCUT2D eigenvalue weighted by Crippen LogP contribution is 2.13. The number of rotatable bonds is 11. The van der Waals surface area contributed by atoms with Gasteiger partial charge in [0.05, 0.1) is 12.2 Å². The summed E-state index contributed by atoms with van der Waals surface area (Å²) in [5.74, 6) is 1.16. The van der Waals surface area contributed by atoms with Gasteiger partial charge in [-0.25, -0.2) is 15.0 Å². The van der Waals surface area contributed by atoms with E-state index in [9.17, 15) is 0 Å². The van der Waals surface area contributed by atoms with Gasteiger partial charge in [0, 0.05) is 57.4 Å². The molecule has 0 aliphatic carbocycles. The molecule has 0 spiro atoms. The smallest absolute Gasteiger partial charge is 0.475 e. The van der Waals surface area contributed by atoms with Gasteiger partial charge >= 0.3 is 14.4 Å². The maximum atomic E-state index is 8.77. The number of pyridine rings is 3. The third-order valence-electron chi connectivity index (χ3n) is 4.31. The third-order valence-corrected chi connectivity index (χ3v) is 5.47. The minimum Gasteiger partial charge on any atom is -0.475 e. The molecule has 0 radical (unpaired) electrons. The van der Waals surface area contributed by atoms with Crippen LogP contribution in [0.3, 0.4) is 0 Å². The highest BCUT2D eigenvalue weighted by Gasteiger charge is 2.25. The molecule has 10 nitrogen and oxygen atoms in total. The molecule has 2 N–H and O–H groups in total. The van der Waals surface area contributed by atoms with Crippen LogP contribution in [0.15, 0.2) is 63.9 Å². The van der Waals surface area contributed by atoms with E-state index in [4.69, 9.17) is 45.1 Å². The number of halogens is 3. The molecule has 0 bridgehead atoms. The summed E-state index contributed by atoms with van der Waals surface area (Å²) in [5.41, 5.74) is 0.358. The van der Waals surface area contributed by atoms with E-state index < -0.39 is 14.4 Å². The van der Waals surface area contributed by atoms with E-state index in [2.05, 4.69) is 46.8 Å². The second-order valence-electron chi connectivity index (χ2n) is 10.6. The normalized spacial score (nSPS) is 10.5. The molecule has 0 saturated carbocycles. The van der Waals surface area contributed by atoms with Gasteiger partial charge in [0.2, 0.25) is 11.8 Å². The van der Waals surface area contributed by atoms with Gasteiger partial charge in [0.1, 0.15) is 5.15 Å². The quantitative estimate of drug-likeness (QED) is 0.157. The second kappa shape index (κ2) is 24.4. The van der Waals surface area contributed by atoms with Crippen LogP contribution in [-0.4, -0.2) is 70.0 Å². The Hall–Kier alpha value is -1.77. The van der Waals surface area contributed by atoms with Crippen LogP contribution in [-0.2, 0) is 14.0 Å². The monoisotopic (exact) mass is 775 g/mol. The molecule has 0 unspecified atom stereocenters. The Morgan fingerprint density at radius 1 is 0.578 bits per heavy atom. The van der Waals surface area contributed by atoms with Crippen LogP contribution >= 0.6 is 43.5 Å². The Labute approximate surface area is 291 Å². The van der Waals surface area contributed by atoms with Crippen molar-refractivity contribution in [2.24, 2.45) is 0 Å². The van der Waals surface area contributed by atoms with Crippen molar-refractivity contribution in [1.82, 2.24) is 15.0 Å². The molecule has 3 heterocycles. The molecular weight excluding hydrogens is 731 g/mol. The lowest BCUT2D eigenvalue weighted by atomic mass is 9.82. The highest BCUT2D eigenvalue weighted by atomic mass is 79.9. The topological polar surface area (TPSA) is 125 Å². The Morgan fingerprint density at radius 3 is 1.24 bits per heavy atom. The number of aromatic nitrogens is 3. The molecule has 0 amide bonds. The van der Waals surface area contributed by atoms with Crippen molar-refractivity contribution in [3.8, 4) is 11.8 Å². The van der Waals surface area contributed by atoms with Crippen molar-refractivity contribution < 1.29 is 33.5 Å². The van der Waals surface area contributed by atoms with Gasteiger partial charge in [-0.1, -0.05) is 17.7 Å². The fraction of sp³-hybridized carbons (Fsp3) is 0.500. The van der Waals surface area contributed by atoms with Gasteiger partial charge in [-0.2, -0.15) is 0 Å². The molecule has 45 heavy (non-hydrogen) atoms. The molecule has 0 atom stereocenters. The van der Waals surface area contributed by atoms with Crippen LogP contribution in [0.5, 0.6) is 11.8 Å². The van der Waals surface area contributed by atoms with Crippen LogP contribution in [0, 0.1) is 0 Å². The Kier molecular flexibility index (Phi) is 23.4. The molecule has 0 saturated heterocycles. The summed E-state index contributed by atoms with van der Waals surface area (Å²) in [4.78, 5) is 11.7. The summed E-state index contributed by atoms with van der Waals surface area (Å²) in [6, 6.07) is 10.5. The average Bonchev–Trinajstić information content (AvgIpc) is 2.91. The average molecular weight is 778 g/mol. The summed E-state index contributed by atoms with van der Waals surface area (Å²) in [6.07, 6.45) is 5.34. The summed E-state index contributed by atoms with van der Waals surface area (Å²) >= 11 is 12.0. The number of nitrogens with zero attached hydrogens (tertiary/aromatic N) is 3. The molecule has 3 rings (SSSR count). The van der Waals surface area contributed by atoms with Crippen LogP contribution in [0.2, 0.25) is 5.15 Å². The lowest BCUT2D eigenvalue weighted by Crippen LogP contribution is -2.34. The third kappa shape index (κ3) is 25.1. The summed E-state index contributed by atoms with van der Waals surface area (Å²) in [7, 11) is -2.01. The van der Waals surface area contributed by atoms with Crippen molar-refractivity contribution in [3.05, 3.63) is 69.1 Å². The van der Waals surface area contributed by atoms with Gasteiger partial charge in [0.25, 0.3) is 0 Å². The second-order valence-corrected chi connectivity index (χ2v) is 12.8. The number of ether oxygens (including phenoxy) is 2. The first-order valence-electron chi connectivity index (χ1n) is 14.5. The van der Waals surface area contributed by atoms with Crippen LogP contribution in [0.4, 0.5) is 0 Å². The van der Waals surface area contributed by atoms with Crippen molar-refractivity contribution in [2.75, 3.05) is 0 Å². The van der Waals surface area contributed by atoms with E-state index in [-0.39, 0.29) is 30.5 Å². The van der Waals surface area contributed by atoms with E-state index in [1.807, 2.05) is 87.4 Å². The predicted octanol–water partition coefficient (Wildman–Crippen LogP) is 6.92. The van der Waals surface area contributed by atoms with Gasteiger partial charge in [-0.3, -0.25) is 0 Å². The molecule has 3 aromatic rings. The zero-order chi connectivity index (χ0) is 34.5. The van der Waals surface area contributed by atoms with Gasteiger partial charge in [-0.15, -0.1) is 0 Å². The van der Waals surface area contributed by atoms with Crippen molar-refractivity contribution >= 4 is 63.4 Å². The first-order valence-corrected chi connectivity index (χ1v) is 16.4. The number of hydrogen-bond donors (Lipinski definition) is 2. The standard InChI is InChI=1S/C9H21BO3.C8H12BNO3.C8H10BrNO.C5H3BrClN/c1-7(2)11-10(12-8(3)4)13-9(5)6;1-6(2)13-8-4-3-7(5-10-8)9(11)12;1-6(2)11-8-4-3-7(9)5-10-8;6-4-1-2-5(7)8-3-4/h7-9H,1-6H3;3-6,11-12H,1-2H3;3-6H,1-2H3;1-3H. The fourth-order valence-electron chi connectivity index (χ4n) is 2.65. The van der Waals surface area contributed by atoms with Crippen LogP contribution in [0.1, 0.15) is 69.2 Å². The Balaban J connectivity index is 0.000000581. The van der Waals surface area contributed by atoms with Crippen LogP contribution in [0.25, 0.3) is 0 Å². The molecular formula is C30H46B2Br2ClN3O7. The van der Waals surface area contributed by atoms with Gasteiger partial charge in [-0.05, 0) is 125 Å². The summed E-state index contributed by atoms with van der Waals surface area (Å²) in [5, 5.41) is 18.1.